The highest BCUT2D eigenvalue weighted by Gasteiger charge is 2.10. The fourth-order valence-corrected chi connectivity index (χ4v) is 2.70. The summed E-state index contributed by atoms with van der Waals surface area (Å²) in [5, 5.41) is 6.64. The quantitative estimate of drug-likeness (QED) is 0.682. The lowest BCUT2D eigenvalue weighted by atomic mass is 10.1. The van der Waals surface area contributed by atoms with Crippen molar-refractivity contribution in [2.45, 2.75) is 6.42 Å². The molecule has 0 spiro atoms. The van der Waals surface area contributed by atoms with E-state index in [0.717, 1.165) is 55.8 Å². The van der Waals surface area contributed by atoms with E-state index in [1.807, 2.05) is 12.1 Å². The van der Waals surface area contributed by atoms with Crippen LogP contribution in [0.15, 0.2) is 22.7 Å². The fraction of sp³-hybridized carbons (Fsp3) is 0.500. The number of anilines is 1. The Morgan fingerprint density at radius 3 is 2.85 bits per heavy atom. The highest BCUT2D eigenvalue weighted by atomic mass is 79.9. The second-order valence-electron chi connectivity index (χ2n) is 4.93. The lowest BCUT2D eigenvalue weighted by molar-refractivity contribution is 0.100. The molecular weight excluding hydrogens is 320 g/mol. The number of piperazine rings is 1. The van der Waals surface area contributed by atoms with E-state index in [2.05, 4.69) is 31.5 Å². The van der Waals surface area contributed by atoms with E-state index in [4.69, 9.17) is 5.73 Å². The van der Waals surface area contributed by atoms with Crippen molar-refractivity contribution in [3.05, 3.63) is 28.2 Å². The number of nitrogens with two attached hydrogens (primary N) is 1. The van der Waals surface area contributed by atoms with Gasteiger partial charge < -0.3 is 21.3 Å². The largest absolute Gasteiger partial charge is 0.384 e. The topological polar surface area (TPSA) is 70.4 Å². The zero-order valence-electron chi connectivity index (χ0n) is 11.5. The van der Waals surface area contributed by atoms with Gasteiger partial charge in [-0.15, -0.1) is 0 Å². The van der Waals surface area contributed by atoms with E-state index >= 15 is 0 Å². The van der Waals surface area contributed by atoms with Crippen LogP contribution in [0.3, 0.4) is 0 Å². The number of nitrogens with zero attached hydrogens (tertiary/aromatic N) is 1. The first-order valence-corrected chi connectivity index (χ1v) is 7.72. The number of hydrogen-bond donors (Lipinski definition) is 3. The molecule has 0 aromatic heterocycles. The average Bonchev–Trinajstić information content (AvgIpc) is 2.45. The van der Waals surface area contributed by atoms with Gasteiger partial charge in [0.2, 0.25) is 0 Å². The Balaban J connectivity index is 1.80. The molecule has 0 unspecified atom stereocenters. The Hall–Kier alpha value is -1.11. The van der Waals surface area contributed by atoms with Gasteiger partial charge in [-0.05, 0) is 31.2 Å². The Bertz CT molecular complexity index is 460. The Morgan fingerprint density at radius 1 is 1.40 bits per heavy atom. The number of nitrogens with one attached hydrogen (secondary N) is 2. The molecule has 1 fully saturated rings. The standard InChI is InChI=1S/C14H21BrN4O/c15-11-2-3-13(12(10-11)14(16)20)18-4-1-7-19-8-5-17-6-9-19/h2-3,10,17-18H,1,4-9H2,(H2,16,20). The van der Waals surface area contributed by atoms with Crippen LogP contribution in [-0.4, -0.2) is 50.1 Å². The molecule has 110 valence electrons. The van der Waals surface area contributed by atoms with Crippen LogP contribution in [0.4, 0.5) is 5.69 Å². The van der Waals surface area contributed by atoms with Crippen LogP contribution in [0.25, 0.3) is 0 Å². The van der Waals surface area contributed by atoms with Gasteiger partial charge in [0.25, 0.3) is 5.91 Å². The number of benzene rings is 1. The van der Waals surface area contributed by atoms with E-state index in [1.54, 1.807) is 6.07 Å². The molecule has 6 heteroatoms. The van der Waals surface area contributed by atoms with E-state index in [1.165, 1.54) is 0 Å². The predicted molar refractivity (Wildman–Crippen MR) is 85.1 cm³/mol. The van der Waals surface area contributed by atoms with Gasteiger partial charge in [0, 0.05) is 42.9 Å². The van der Waals surface area contributed by atoms with Crippen LogP contribution in [0.5, 0.6) is 0 Å². The van der Waals surface area contributed by atoms with Crippen molar-refractivity contribution in [1.29, 1.82) is 0 Å². The smallest absolute Gasteiger partial charge is 0.250 e. The predicted octanol–water partition coefficient (Wildman–Crippen LogP) is 1.26. The molecule has 0 saturated carbocycles. The number of amides is 1. The maximum Gasteiger partial charge on any atom is 0.250 e. The molecule has 1 aliphatic heterocycles. The Kier molecular flexibility index (Phi) is 5.82. The van der Waals surface area contributed by atoms with E-state index in [-0.39, 0.29) is 0 Å². The van der Waals surface area contributed by atoms with Crippen molar-refractivity contribution in [3.63, 3.8) is 0 Å². The molecule has 1 aromatic rings. The zero-order chi connectivity index (χ0) is 14.4. The van der Waals surface area contributed by atoms with Crippen molar-refractivity contribution < 1.29 is 4.79 Å². The lowest BCUT2D eigenvalue weighted by Gasteiger charge is -2.27. The third-order valence-corrected chi connectivity index (χ3v) is 3.92. The van der Waals surface area contributed by atoms with Crippen LogP contribution < -0.4 is 16.4 Å². The molecule has 1 saturated heterocycles. The summed E-state index contributed by atoms with van der Waals surface area (Å²) in [6.45, 7) is 6.30. The normalized spacial score (nSPS) is 16.1. The van der Waals surface area contributed by atoms with Crippen LogP contribution in [0, 0.1) is 0 Å². The van der Waals surface area contributed by atoms with Crippen LogP contribution in [0.2, 0.25) is 0 Å². The maximum atomic E-state index is 11.4. The Morgan fingerprint density at radius 2 is 2.15 bits per heavy atom. The summed E-state index contributed by atoms with van der Waals surface area (Å²) < 4.78 is 0.859. The second-order valence-corrected chi connectivity index (χ2v) is 5.84. The fourth-order valence-electron chi connectivity index (χ4n) is 2.33. The highest BCUT2D eigenvalue weighted by molar-refractivity contribution is 9.10. The van der Waals surface area contributed by atoms with Crippen molar-refractivity contribution in [2.75, 3.05) is 44.6 Å². The molecule has 1 aromatic carbocycles. The van der Waals surface area contributed by atoms with Gasteiger partial charge in [-0.1, -0.05) is 15.9 Å². The summed E-state index contributed by atoms with van der Waals surface area (Å²) in [6, 6.07) is 5.54. The SMILES string of the molecule is NC(=O)c1cc(Br)ccc1NCCCN1CCNCC1. The minimum Gasteiger partial charge on any atom is -0.384 e. The van der Waals surface area contributed by atoms with Crippen molar-refractivity contribution in [2.24, 2.45) is 5.73 Å². The molecule has 1 heterocycles. The maximum absolute atomic E-state index is 11.4. The van der Waals surface area contributed by atoms with Gasteiger partial charge >= 0.3 is 0 Å². The monoisotopic (exact) mass is 340 g/mol. The third kappa shape index (κ3) is 4.47. The number of carbonyl (C=O) groups is 1. The molecule has 5 nitrogen and oxygen atoms in total. The summed E-state index contributed by atoms with van der Waals surface area (Å²) in [5.74, 6) is -0.407. The van der Waals surface area contributed by atoms with Gasteiger partial charge in [0.05, 0.1) is 5.56 Å². The van der Waals surface area contributed by atoms with Crippen molar-refractivity contribution >= 4 is 27.5 Å². The number of carbonyl (C=O) groups excluding carboxylic acids is 1. The third-order valence-electron chi connectivity index (χ3n) is 3.42. The summed E-state index contributed by atoms with van der Waals surface area (Å²) in [6.07, 6.45) is 1.05. The molecule has 4 N–H and O–H groups in total. The number of hydrogen-bond acceptors (Lipinski definition) is 4. The van der Waals surface area contributed by atoms with E-state index in [0.29, 0.717) is 5.56 Å². The highest BCUT2D eigenvalue weighted by Crippen LogP contribution is 2.20. The van der Waals surface area contributed by atoms with Gasteiger partial charge in [-0.3, -0.25) is 4.79 Å². The van der Waals surface area contributed by atoms with Gasteiger partial charge in [0.15, 0.2) is 0 Å². The minimum absolute atomic E-state index is 0.407. The molecule has 0 aliphatic carbocycles. The number of primary amides is 1. The van der Waals surface area contributed by atoms with Gasteiger partial charge in [-0.2, -0.15) is 0 Å². The minimum atomic E-state index is -0.407. The molecule has 1 aliphatic rings. The molecule has 0 bridgehead atoms. The first-order chi connectivity index (χ1) is 9.66. The summed E-state index contributed by atoms with van der Waals surface area (Å²) in [7, 11) is 0. The molecule has 2 rings (SSSR count). The Labute approximate surface area is 128 Å². The first kappa shape index (κ1) is 15.3. The van der Waals surface area contributed by atoms with E-state index < -0.39 is 5.91 Å². The second kappa shape index (κ2) is 7.61. The number of halogens is 1. The average molecular weight is 341 g/mol. The van der Waals surface area contributed by atoms with Crippen molar-refractivity contribution in [3.8, 4) is 0 Å². The zero-order valence-corrected chi connectivity index (χ0v) is 13.1. The lowest BCUT2D eigenvalue weighted by Crippen LogP contribution is -2.44. The first-order valence-electron chi connectivity index (χ1n) is 6.93. The molecular formula is C14H21BrN4O. The molecule has 0 radical (unpaired) electrons. The van der Waals surface area contributed by atoms with Crippen LogP contribution in [0.1, 0.15) is 16.8 Å². The van der Waals surface area contributed by atoms with E-state index in [9.17, 15) is 4.79 Å². The summed E-state index contributed by atoms with van der Waals surface area (Å²) in [5.41, 5.74) is 6.73. The number of rotatable bonds is 6. The molecule has 20 heavy (non-hydrogen) atoms. The summed E-state index contributed by atoms with van der Waals surface area (Å²) in [4.78, 5) is 13.9. The molecule has 1 amide bonds. The van der Waals surface area contributed by atoms with Crippen molar-refractivity contribution in [1.82, 2.24) is 10.2 Å². The van der Waals surface area contributed by atoms with Crippen LogP contribution in [-0.2, 0) is 0 Å². The van der Waals surface area contributed by atoms with Gasteiger partial charge in [0.1, 0.15) is 0 Å². The van der Waals surface area contributed by atoms with Crippen LogP contribution >= 0.6 is 15.9 Å². The summed E-state index contributed by atoms with van der Waals surface area (Å²) >= 11 is 3.35. The van der Waals surface area contributed by atoms with Gasteiger partial charge in [-0.25, -0.2) is 0 Å². The molecule has 0 atom stereocenters.